The number of anilines is 2. The van der Waals surface area contributed by atoms with Crippen LogP contribution in [0.15, 0.2) is 30.5 Å². The molecule has 0 saturated carbocycles. The molecule has 0 aliphatic carbocycles. The summed E-state index contributed by atoms with van der Waals surface area (Å²) in [7, 11) is 0. The number of aryl methyl sites for hydroxylation is 1. The van der Waals surface area contributed by atoms with Gasteiger partial charge in [-0.05, 0) is 49.9 Å². The number of halogens is 1. The summed E-state index contributed by atoms with van der Waals surface area (Å²) in [5, 5.41) is 34.5. The Hall–Kier alpha value is -2.86. The van der Waals surface area contributed by atoms with E-state index in [1.165, 1.54) is 0 Å². The quantitative estimate of drug-likeness (QED) is 0.453. The second-order valence-electron chi connectivity index (χ2n) is 8.12. The van der Waals surface area contributed by atoms with Gasteiger partial charge in [-0.3, -0.25) is 0 Å². The molecule has 32 heavy (non-hydrogen) atoms. The molecule has 1 unspecified atom stereocenters. The van der Waals surface area contributed by atoms with E-state index in [2.05, 4.69) is 34.0 Å². The lowest BCUT2D eigenvalue weighted by Gasteiger charge is -2.26. The van der Waals surface area contributed by atoms with Crippen molar-refractivity contribution in [3.8, 4) is 6.07 Å². The van der Waals surface area contributed by atoms with E-state index in [-0.39, 0.29) is 6.04 Å². The van der Waals surface area contributed by atoms with Crippen LogP contribution in [0.4, 0.5) is 11.6 Å². The third kappa shape index (κ3) is 4.96. The number of nitriles is 1. The lowest BCUT2D eigenvalue weighted by atomic mass is 10.0. The molecule has 4 N–H and O–H groups in total. The number of hydrogen-bond acceptors (Lipinski definition) is 7. The summed E-state index contributed by atoms with van der Waals surface area (Å²) in [6.07, 6.45) is 4.75. The maximum absolute atomic E-state index is 10.3. The Morgan fingerprint density at radius 1 is 1.41 bits per heavy atom. The first-order valence-corrected chi connectivity index (χ1v) is 11.4. The first-order chi connectivity index (χ1) is 15.6. The third-order valence-corrected chi connectivity index (χ3v) is 6.10. The Morgan fingerprint density at radius 2 is 2.28 bits per heavy atom. The zero-order valence-corrected chi connectivity index (χ0v) is 18.9. The van der Waals surface area contributed by atoms with E-state index in [1.807, 2.05) is 24.4 Å². The molecule has 2 atom stereocenters. The van der Waals surface area contributed by atoms with Crippen LogP contribution in [-0.4, -0.2) is 44.9 Å². The van der Waals surface area contributed by atoms with Gasteiger partial charge in [-0.25, -0.2) is 4.98 Å². The molecule has 8 nitrogen and oxygen atoms in total. The van der Waals surface area contributed by atoms with Gasteiger partial charge in [-0.2, -0.15) is 14.9 Å². The van der Waals surface area contributed by atoms with E-state index in [4.69, 9.17) is 21.8 Å². The van der Waals surface area contributed by atoms with E-state index >= 15 is 0 Å². The van der Waals surface area contributed by atoms with Gasteiger partial charge in [0, 0.05) is 24.7 Å². The zero-order chi connectivity index (χ0) is 22.5. The average Bonchev–Trinajstić information content (AvgIpc) is 3.19. The molecule has 3 aromatic rings. The molecular weight excluding hydrogens is 426 g/mol. The van der Waals surface area contributed by atoms with Gasteiger partial charge in [0.05, 0.1) is 23.9 Å². The van der Waals surface area contributed by atoms with Crippen LogP contribution in [0.5, 0.6) is 0 Å². The molecule has 0 radical (unpaired) electrons. The highest BCUT2D eigenvalue weighted by Crippen LogP contribution is 2.32. The Balaban J connectivity index is 1.65. The Morgan fingerprint density at radius 3 is 3.09 bits per heavy atom. The van der Waals surface area contributed by atoms with Crippen LogP contribution in [0.2, 0.25) is 5.02 Å². The number of hydrogen-bond donors (Lipinski definition) is 4. The Kier molecular flexibility index (Phi) is 7.10. The molecule has 3 heterocycles. The molecule has 0 amide bonds. The summed E-state index contributed by atoms with van der Waals surface area (Å²) in [6.45, 7) is 4.03. The van der Waals surface area contributed by atoms with Crippen LogP contribution in [0.1, 0.15) is 42.9 Å². The van der Waals surface area contributed by atoms with Crippen LogP contribution >= 0.6 is 11.6 Å². The Bertz CT molecular complexity index is 1120. The summed E-state index contributed by atoms with van der Waals surface area (Å²) in [5.41, 5.74) is 3.36. The van der Waals surface area contributed by atoms with Crippen LogP contribution in [0.25, 0.3) is 5.65 Å². The summed E-state index contributed by atoms with van der Waals surface area (Å²) in [5.74, 6) is 1.24. The fraction of sp³-hybridized carbons (Fsp3) is 0.435. The fourth-order valence-corrected chi connectivity index (χ4v) is 4.29. The van der Waals surface area contributed by atoms with Crippen molar-refractivity contribution in [2.24, 2.45) is 0 Å². The van der Waals surface area contributed by atoms with Gasteiger partial charge in [0.1, 0.15) is 5.02 Å². The van der Waals surface area contributed by atoms with E-state index in [0.29, 0.717) is 41.7 Å². The molecule has 9 heteroatoms. The highest BCUT2D eigenvalue weighted by atomic mass is 35.5. The second-order valence-corrected chi connectivity index (χ2v) is 8.50. The van der Waals surface area contributed by atoms with Crippen molar-refractivity contribution in [2.45, 2.75) is 51.3 Å². The van der Waals surface area contributed by atoms with Crippen LogP contribution < -0.4 is 16.0 Å². The van der Waals surface area contributed by atoms with Gasteiger partial charge in [0.2, 0.25) is 0 Å². The molecule has 1 fully saturated rings. The highest BCUT2D eigenvalue weighted by molar-refractivity contribution is 6.35. The summed E-state index contributed by atoms with van der Waals surface area (Å²) >= 11 is 6.82. The lowest BCUT2D eigenvalue weighted by molar-refractivity contribution is 0.148. The maximum Gasteiger partial charge on any atom is 0.162 e. The van der Waals surface area contributed by atoms with Crippen molar-refractivity contribution in [1.82, 2.24) is 19.9 Å². The van der Waals surface area contributed by atoms with Crippen molar-refractivity contribution in [2.75, 3.05) is 23.7 Å². The largest absolute Gasteiger partial charge is 0.392 e. The van der Waals surface area contributed by atoms with Crippen molar-refractivity contribution in [1.29, 1.82) is 5.26 Å². The minimum Gasteiger partial charge on any atom is -0.392 e. The van der Waals surface area contributed by atoms with Crippen molar-refractivity contribution in [3.05, 3.63) is 52.2 Å². The summed E-state index contributed by atoms with van der Waals surface area (Å²) < 4.78 is 1.73. The van der Waals surface area contributed by atoms with E-state index in [0.717, 1.165) is 42.6 Å². The molecule has 168 valence electrons. The van der Waals surface area contributed by atoms with E-state index < -0.39 is 6.10 Å². The topological polar surface area (TPSA) is 110 Å². The molecule has 1 aliphatic heterocycles. The standard InChI is InChI=1S/C23H28ClN7O/c1-2-17-13-28-31-22(17)30-21(29-18-7-4-8-26-14-19(32)10-18)20(24)23(31)27-12-16-6-3-5-15(9-16)11-25/h3,5-6,9,13,18-19,26-27,32H,2,4,7-8,10,12,14H2,1H3,(H,29,30)/t18?,19-/m1/s1. The van der Waals surface area contributed by atoms with Gasteiger partial charge in [0.15, 0.2) is 17.3 Å². The SMILES string of the molecule is CCc1cnn2c(NCc3cccc(C#N)c3)c(Cl)c(NC3CCCNC[C@H](O)C3)nc12. The molecule has 1 aromatic carbocycles. The normalized spacial score (nSPS) is 19.2. The number of rotatable bonds is 6. The minimum atomic E-state index is -0.415. The molecule has 0 bridgehead atoms. The Labute approximate surface area is 192 Å². The molecule has 1 saturated heterocycles. The smallest absolute Gasteiger partial charge is 0.162 e. The van der Waals surface area contributed by atoms with Gasteiger partial charge in [0.25, 0.3) is 0 Å². The second kappa shape index (κ2) is 10.2. The van der Waals surface area contributed by atoms with Gasteiger partial charge in [-0.1, -0.05) is 30.7 Å². The van der Waals surface area contributed by atoms with Gasteiger partial charge in [-0.15, -0.1) is 0 Å². The van der Waals surface area contributed by atoms with Crippen LogP contribution in [0.3, 0.4) is 0 Å². The average molecular weight is 454 g/mol. The van der Waals surface area contributed by atoms with E-state index in [1.54, 1.807) is 10.6 Å². The molecular formula is C23H28ClN7O. The predicted octanol–water partition coefficient (Wildman–Crippen LogP) is 3.34. The predicted molar refractivity (Wildman–Crippen MR) is 126 cm³/mol. The lowest BCUT2D eigenvalue weighted by Crippen LogP contribution is -2.36. The van der Waals surface area contributed by atoms with Gasteiger partial charge < -0.3 is 21.1 Å². The molecule has 4 rings (SSSR count). The first-order valence-electron chi connectivity index (χ1n) is 11.0. The van der Waals surface area contributed by atoms with Gasteiger partial charge >= 0.3 is 0 Å². The number of fused-ring (bicyclic) bond motifs is 1. The monoisotopic (exact) mass is 453 g/mol. The van der Waals surface area contributed by atoms with Crippen LogP contribution in [0, 0.1) is 11.3 Å². The van der Waals surface area contributed by atoms with Crippen molar-refractivity contribution >= 4 is 28.9 Å². The number of aromatic nitrogens is 3. The maximum atomic E-state index is 10.3. The number of nitrogens with zero attached hydrogens (tertiary/aromatic N) is 4. The number of benzene rings is 1. The van der Waals surface area contributed by atoms with E-state index in [9.17, 15) is 5.11 Å². The fourth-order valence-electron chi connectivity index (χ4n) is 4.05. The molecule has 0 spiro atoms. The molecule has 2 aromatic heterocycles. The minimum absolute atomic E-state index is 0.0766. The zero-order valence-electron chi connectivity index (χ0n) is 18.1. The van der Waals surface area contributed by atoms with Crippen molar-refractivity contribution < 1.29 is 5.11 Å². The number of β-amino-alcohol motifs (C(OH)–C–C–N with tert-alkyl or cyclic N) is 1. The molecule has 1 aliphatic rings. The van der Waals surface area contributed by atoms with Crippen molar-refractivity contribution in [3.63, 3.8) is 0 Å². The third-order valence-electron chi connectivity index (χ3n) is 5.74. The number of aliphatic hydroxyl groups excluding tert-OH is 1. The number of nitrogens with one attached hydrogen (secondary N) is 3. The van der Waals surface area contributed by atoms with Crippen LogP contribution in [-0.2, 0) is 13.0 Å². The highest BCUT2D eigenvalue weighted by Gasteiger charge is 2.22. The summed E-state index contributed by atoms with van der Waals surface area (Å²) in [4.78, 5) is 4.80. The summed E-state index contributed by atoms with van der Waals surface area (Å²) in [6, 6.07) is 9.70. The number of aliphatic hydroxyl groups is 1. The first kappa shape index (κ1) is 22.3.